The van der Waals surface area contributed by atoms with E-state index in [0.29, 0.717) is 6.42 Å². The van der Waals surface area contributed by atoms with Crippen molar-refractivity contribution in [1.82, 2.24) is 15.1 Å². The first-order valence-electron chi connectivity index (χ1n) is 11.5. The molecular formula is C22H37N3O3. The van der Waals surface area contributed by atoms with E-state index < -0.39 is 0 Å². The van der Waals surface area contributed by atoms with Crippen LogP contribution >= 0.6 is 0 Å². The van der Waals surface area contributed by atoms with Crippen LogP contribution in [0.3, 0.4) is 0 Å². The second-order valence-electron chi connectivity index (χ2n) is 8.69. The first kappa shape index (κ1) is 21.1. The number of fused-ring (bicyclic) bond motifs is 1. The molecule has 1 aliphatic carbocycles. The number of amides is 3. The summed E-state index contributed by atoms with van der Waals surface area (Å²) in [6.45, 7) is 3.15. The Hall–Kier alpha value is -1.59. The Morgan fingerprint density at radius 1 is 0.786 bits per heavy atom. The van der Waals surface area contributed by atoms with Crippen LogP contribution in [-0.4, -0.2) is 59.7 Å². The van der Waals surface area contributed by atoms with Gasteiger partial charge in [0.05, 0.1) is 5.92 Å². The lowest BCUT2D eigenvalue weighted by molar-refractivity contribution is -0.142. The van der Waals surface area contributed by atoms with Crippen molar-refractivity contribution in [2.45, 2.75) is 89.5 Å². The number of hydrogen-bond acceptors (Lipinski definition) is 3. The summed E-state index contributed by atoms with van der Waals surface area (Å²) in [7, 11) is 0. The molecule has 0 aromatic heterocycles. The number of carbonyl (C=O) groups excluding carboxylic acids is 3. The van der Waals surface area contributed by atoms with Gasteiger partial charge in [0.2, 0.25) is 17.7 Å². The van der Waals surface area contributed by atoms with E-state index in [1.807, 2.05) is 9.80 Å². The number of hydrogen-bond donors (Lipinski definition) is 1. The molecule has 2 aliphatic heterocycles. The number of rotatable bonds is 3. The number of likely N-dealkylation sites (tertiary alicyclic amines) is 1. The van der Waals surface area contributed by atoms with Gasteiger partial charge in [0.15, 0.2) is 0 Å². The summed E-state index contributed by atoms with van der Waals surface area (Å²) in [5.41, 5.74) is 0. The van der Waals surface area contributed by atoms with Crippen molar-refractivity contribution in [3.63, 3.8) is 0 Å². The lowest BCUT2D eigenvalue weighted by Gasteiger charge is -2.40. The highest BCUT2D eigenvalue weighted by atomic mass is 16.2. The van der Waals surface area contributed by atoms with Crippen LogP contribution in [-0.2, 0) is 14.4 Å². The predicted molar refractivity (Wildman–Crippen MR) is 109 cm³/mol. The van der Waals surface area contributed by atoms with E-state index in [2.05, 4.69) is 5.32 Å². The Morgan fingerprint density at radius 2 is 1.43 bits per heavy atom. The van der Waals surface area contributed by atoms with Gasteiger partial charge < -0.3 is 15.1 Å². The van der Waals surface area contributed by atoms with Crippen LogP contribution in [0, 0.1) is 5.92 Å². The summed E-state index contributed by atoms with van der Waals surface area (Å²) in [6, 6.07) is 0.00707. The quantitative estimate of drug-likeness (QED) is 0.804. The van der Waals surface area contributed by atoms with Gasteiger partial charge in [-0.3, -0.25) is 14.4 Å². The molecule has 2 atom stereocenters. The molecule has 6 nitrogen and oxygen atoms in total. The minimum absolute atomic E-state index is 0.00707. The first-order valence-corrected chi connectivity index (χ1v) is 11.5. The van der Waals surface area contributed by atoms with Crippen molar-refractivity contribution >= 4 is 17.7 Å². The van der Waals surface area contributed by atoms with Gasteiger partial charge in [-0.15, -0.1) is 0 Å². The third-order valence-electron chi connectivity index (χ3n) is 6.67. The summed E-state index contributed by atoms with van der Waals surface area (Å²) in [5.74, 6) is 0.213. The van der Waals surface area contributed by atoms with Crippen molar-refractivity contribution in [2.24, 2.45) is 5.92 Å². The van der Waals surface area contributed by atoms with Crippen molar-refractivity contribution in [1.29, 1.82) is 0 Å². The monoisotopic (exact) mass is 391 g/mol. The van der Waals surface area contributed by atoms with E-state index in [0.717, 1.165) is 84.0 Å². The SMILES string of the molecule is O=C1NCCCCCN(C(=O)CCC(=O)N2CCCCCC2)[C@H]2CCCC[C@@H]12. The van der Waals surface area contributed by atoms with E-state index in [-0.39, 0.29) is 36.1 Å². The maximum atomic E-state index is 13.1. The van der Waals surface area contributed by atoms with Crippen LogP contribution in [0.1, 0.15) is 83.5 Å². The first-order chi connectivity index (χ1) is 13.7. The summed E-state index contributed by atoms with van der Waals surface area (Å²) < 4.78 is 0. The molecule has 2 heterocycles. The Morgan fingerprint density at radius 3 is 2.21 bits per heavy atom. The number of nitrogens with one attached hydrogen (secondary N) is 1. The fraction of sp³-hybridized carbons (Fsp3) is 0.864. The molecule has 158 valence electrons. The maximum absolute atomic E-state index is 13.1. The standard InChI is InChI=1S/C22H37N3O3/c26-20(24-15-7-1-2-8-16-24)12-13-21(27)25-17-9-3-6-14-23-22(28)18-10-4-5-11-19(18)25/h18-19H,1-17H2,(H,23,28)/t18-,19+/m1/s1. The lowest BCUT2D eigenvalue weighted by Crippen LogP contribution is -2.51. The second kappa shape index (κ2) is 10.8. The summed E-state index contributed by atoms with van der Waals surface area (Å²) >= 11 is 0. The molecule has 0 unspecified atom stereocenters. The number of carbonyl (C=O) groups is 3. The molecule has 2 saturated heterocycles. The largest absolute Gasteiger partial charge is 0.356 e. The zero-order valence-corrected chi connectivity index (χ0v) is 17.3. The molecular weight excluding hydrogens is 354 g/mol. The van der Waals surface area contributed by atoms with E-state index in [4.69, 9.17) is 0 Å². The number of nitrogens with zero attached hydrogens (tertiary/aromatic N) is 2. The van der Waals surface area contributed by atoms with Gasteiger partial charge >= 0.3 is 0 Å². The highest BCUT2D eigenvalue weighted by Gasteiger charge is 2.37. The molecule has 0 radical (unpaired) electrons. The highest BCUT2D eigenvalue weighted by molar-refractivity contribution is 5.85. The molecule has 1 N–H and O–H groups in total. The maximum Gasteiger partial charge on any atom is 0.225 e. The third-order valence-corrected chi connectivity index (χ3v) is 6.67. The minimum Gasteiger partial charge on any atom is -0.356 e. The van der Waals surface area contributed by atoms with Crippen molar-refractivity contribution in [3.8, 4) is 0 Å². The predicted octanol–water partition coefficient (Wildman–Crippen LogP) is 2.86. The molecule has 6 heteroatoms. The summed E-state index contributed by atoms with van der Waals surface area (Å²) in [6.07, 6.45) is 12.0. The molecule has 0 aromatic carbocycles. The Labute approximate surface area is 169 Å². The van der Waals surface area contributed by atoms with Crippen molar-refractivity contribution in [2.75, 3.05) is 26.2 Å². The average molecular weight is 392 g/mol. The molecule has 3 fully saturated rings. The van der Waals surface area contributed by atoms with Gasteiger partial charge in [0.25, 0.3) is 0 Å². The molecule has 28 heavy (non-hydrogen) atoms. The molecule has 3 rings (SSSR count). The van der Waals surface area contributed by atoms with Crippen LogP contribution in [0.15, 0.2) is 0 Å². The van der Waals surface area contributed by atoms with E-state index >= 15 is 0 Å². The van der Waals surface area contributed by atoms with Gasteiger partial charge in [-0.25, -0.2) is 0 Å². The lowest BCUT2D eigenvalue weighted by atomic mass is 9.82. The zero-order chi connectivity index (χ0) is 19.8. The normalized spacial score (nSPS) is 27.4. The molecule has 3 aliphatic rings. The van der Waals surface area contributed by atoms with Crippen LogP contribution < -0.4 is 5.32 Å². The Bertz CT molecular complexity index is 543. The molecule has 1 saturated carbocycles. The van der Waals surface area contributed by atoms with Gasteiger partial charge in [-0.2, -0.15) is 0 Å². The van der Waals surface area contributed by atoms with Crippen molar-refractivity contribution < 1.29 is 14.4 Å². The fourth-order valence-electron chi connectivity index (χ4n) is 5.03. The Balaban J connectivity index is 1.61. The smallest absolute Gasteiger partial charge is 0.225 e. The third kappa shape index (κ3) is 5.71. The topological polar surface area (TPSA) is 69.7 Å². The van der Waals surface area contributed by atoms with Crippen LogP contribution in [0.25, 0.3) is 0 Å². The summed E-state index contributed by atoms with van der Waals surface area (Å²) in [5, 5.41) is 3.07. The Kier molecular flexibility index (Phi) is 8.16. The van der Waals surface area contributed by atoms with Crippen LogP contribution in [0.5, 0.6) is 0 Å². The minimum atomic E-state index is -0.0860. The van der Waals surface area contributed by atoms with Crippen molar-refractivity contribution in [3.05, 3.63) is 0 Å². The molecule has 0 bridgehead atoms. The second-order valence-corrected chi connectivity index (χ2v) is 8.69. The van der Waals surface area contributed by atoms with Crippen LogP contribution in [0.2, 0.25) is 0 Å². The fourth-order valence-corrected chi connectivity index (χ4v) is 5.03. The van der Waals surface area contributed by atoms with Gasteiger partial charge in [0, 0.05) is 45.1 Å². The molecule has 0 spiro atoms. The van der Waals surface area contributed by atoms with Crippen LogP contribution in [0.4, 0.5) is 0 Å². The van der Waals surface area contributed by atoms with E-state index in [9.17, 15) is 14.4 Å². The van der Waals surface area contributed by atoms with Gasteiger partial charge in [-0.1, -0.05) is 25.7 Å². The summed E-state index contributed by atoms with van der Waals surface area (Å²) in [4.78, 5) is 42.2. The van der Waals surface area contributed by atoms with Gasteiger partial charge in [0.1, 0.15) is 0 Å². The molecule has 3 amide bonds. The molecule has 0 aromatic rings. The van der Waals surface area contributed by atoms with Gasteiger partial charge in [-0.05, 0) is 44.9 Å². The van der Waals surface area contributed by atoms with E-state index in [1.54, 1.807) is 0 Å². The highest BCUT2D eigenvalue weighted by Crippen LogP contribution is 2.30. The average Bonchev–Trinajstić information content (AvgIpc) is 3.01. The zero-order valence-electron chi connectivity index (χ0n) is 17.3. The van der Waals surface area contributed by atoms with E-state index in [1.165, 1.54) is 12.8 Å².